The van der Waals surface area contributed by atoms with Crippen molar-refractivity contribution in [3.63, 3.8) is 0 Å². The molecule has 0 unspecified atom stereocenters. The third-order valence-corrected chi connectivity index (χ3v) is 3.33. The summed E-state index contributed by atoms with van der Waals surface area (Å²) in [7, 11) is 1.88. The van der Waals surface area contributed by atoms with Crippen molar-refractivity contribution in [3.8, 4) is 0 Å². The van der Waals surface area contributed by atoms with Crippen molar-refractivity contribution < 1.29 is 4.79 Å². The van der Waals surface area contributed by atoms with Gasteiger partial charge in [-0.3, -0.25) is 9.69 Å². The molecule has 0 aromatic heterocycles. The molecule has 1 aliphatic rings. The van der Waals surface area contributed by atoms with E-state index < -0.39 is 0 Å². The summed E-state index contributed by atoms with van der Waals surface area (Å²) < 4.78 is 0. The molecule has 1 saturated heterocycles. The Hall–Kier alpha value is -1.09. The molecule has 0 spiro atoms. The molecule has 0 aliphatic carbocycles. The third-order valence-electron chi connectivity index (χ3n) is 3.33. The maximum atomic E-state index is 11.6. The predicted octanol–water partition coefficient (Wildman–Crippen LogP) is 2.45. The van der Waals surface area contributed by atoms with Crippen LogP contribution in [0.5, 0.6) is 0 Å². The summed E-state index contributed by atoms with van der Waals surface area (Å²) in [4.78, 5) is 15.6. The Bertz CT molecular complexity index is 340. The van der Waals surface area contributed by atoms with E-state index in [4.69, 9.17) is 0 Å². The normalized spacial score (nSPS) is 18.1. The van der Waals surface area contributed by atoms with Crippen LogP contribution >= 0.6 is 0 Å². The fourth-order valence-electron chi connectivity index (χ4n) is 1.94. The molecule has 0 atom stereocenters. The van der Waals surface area contributed by atoms with E-state index >= 15 is 0 Å². The summed E-state index contributed by atoms with van der Waals surface area (Å²) in [5.41, 5.74) is 2.80. The van der Waals surface area contributed by atoms with Crippen molar-refractivity contribution in [3.05, 3.63) is 23.3 Å². The lowest BCUT2D eigenvalue weighted by Gasteiger charge is -2.31. The first-order valence-corrected chi connectivity index (χ1v) is 6.74. The van der Waals surface area contributed by atoms with Crippen LogP contribution in [0.2, 0.25) is 0 Å². The first-order chi connectivity index (χ1) is 8.49. The molecule has 1 heterocycles. The average Bonchev–Trinajstić information content (AvgIpc) is 2.30. The van der Waals surface area contributed by atoms with E-state index in [1.165, 1.54) is 11.1 Å². The molecule has 0 aromatic rings. The van der Waals surface area contributed by atoms with Crippen LogP contribution in [0, 0.1) is 0 Å². The van der Waals surface area contributed by atoms with E-state index in [2.05, 4.69) is 37.8 Å². The maximum absolute atomic E-state index is 11.6. The first-order valence-electron chi connectivity index (χ1n) is 6.74. The van der Waals surface area contributed by atoms with Gasteiger partial charge >= 0.3 is 0 Å². The molecular formula is C15H26N2O. The van der Waals surface area contributed by atoms with E-state index in [1.807, 2.05) is 11.9 Å². The largest absolute Gasteiger partial charge is 0.343 e. The van der Waals surface area contributed by atoms with Crippen molar-refractivity contribution in [2.45, 2.75) is 33.6 Å². The Morgan fingerprint density at radius 2 is 1.94 bits per heavy atom. The van der Waals surface area contributed by atoms with Crippen LogP contribution in [-0.2, 0) is 4.79 Å². The van der Waals surface area contributed by atoms with Crippen molar-refractivity contribution in [2.24, 2.45) is 0 Å². The fraction of sp³-hybridized carbons (Fsp3) is 0.667. The molecule has 3 heteroatoms. The van der Waals surface area contributed by atoms with E-state index in [0.29, 0.717) is 6.54 Å². The number of carbonyl (C=O) groups is 1. The van der Waals surface area contributed by atoms with Crippen molar-refractivity contribution in [1.29, 1.82) is 0 Å². The van der Waals surface area contributed by atoms with Gasteiger partial charge in [-0.25, -0.2) is 0 Å². The topological polar surface area (TPSA) is 23.6 Å². The number of hydrogen-bond donors (Lipinski definition) is 0. The van der Waals surface area contributed by atoms with Crippen LogP contribution in [0.4, 0.5) is 0 Å². The molecule has 1 aliphatic heterocycles. The Labute approximate surface area is 111 Å². The number of carbonyl (C=O) groups excluding carboxylic acids is 1. The van der Waals surface area contributed by atoms with Crippen molar-refractivity contribution >= 4 is 5.91 Å². The molecule has 1 fully saturated rings. The molecule has 0 saturated carbocycles. The van der Waals surface area contributed by atoms with Gasteiger partial charge in [-0.15, -0.1) is 0 Å². The number of likely N-dealkylation sites (N-methyl/N-ethyl adjacent to an activating group) is 1. The molecule has 0 bridgehead atoms. The molecule has 3 nitrogen and oxygen atoms in total. The monoisotopic (exact) mass is 250 g/mol. The number of piperazine rings is 1. The van der Waals surface area contributed by atoms with E-state index in [1.54, 1.807) is 0 Å². The quantitative estimate of drug-likeness (QED) is 0.700. The van der Waals surface area contributed by atoms with Crippen LogP contribution in [0.1, 0.15) is 33.6 Å². The predicted molar refractivity (Wildman–Crippen MR) is 76.5 cm³/mol. The van der Waals surface area contributed by atoms with Gasteiger partial charge in [0, 0.05) is 26.7 Å². The number of nitrogens with zero attached hydrogens (tertiary/aromatic N) is 2. The Morgan fingerprint density at radius 1 is 1.22 bits per heavy atom. The summed E-state index contributed by atoms with van der Waals surface area (Å²) in [6, 6.07) is 0. The lowest BCUT2D eigenvalue weighted by molar-refractivity contribution is -0.134. The number of allylic oxidation sites excluding steroid dienone is 3. The van der Waals surface area contributed by atoms with Crippen LogP contribution in [0.25, 0.3) is 0 Å². The summed E-state index contributed by atoms with van der Waals surface area (Å²) in [6.45, 7) is 9.75. The molecule has 0 radical (unpaired) electrons. The van der Waals surface area contributed by atoms with Crippen LogP contribution < -0.4 is 0 Å². The van der Waals surface area contributed by atoms with Gasteiger partial charge in [-0.05, 0) is 33.6 Å². The molecule has 0 N–H and O–H groups in total. The van der Waals surface area contributed by atoms with E-state index in [9.17, 15) is 4.79 Å². The zero-order valence-corrected chi connectivity index (χ0v) is 12.2. The van der Waals surface area contributed by atoms with Crippen LogP contribution in [-0.4, -0.2) is 48.9 Å². The molecule has 102 valence electrons. The second kappa shape index (κ2) is 7.37. The second-order valence-electron chi connectivity index (χ2n) is 5.42. The van der Waals surface area contributed by atoms with Crippen LogP contribution in [0.15, 0.2) is 23.3 Å². The summed E-state index contributed by atoms with van der Waals surface area (Å²) in [5.74, 6) is 0.233. The minimum Gasteiger partial charge on any atom is -0.343 e. The highest BCUT2D eigenvalue weighted by Crippen LogP contribution is 2.08. The molecule has 18 heavy (non-hydrogen) atoms. The van der Waals surface area contributed by atoms with Gasteiger partial charge in [0.1, 0.15) is 0 Å². The van der Waals surface area contributed by atoms with Gasteiger partial charge in [0.25, 0.3) is 0 Å². The highest BCUT2D eigenvalue weighted by atomic mass is 16.2. The summed E-state index contributed by atoms with van der Waals surface area (Å²) in [6.07, 6.45) is 6.77. The average molecular weight is 250 g/mol. The lowest BCUT2D eigenvalue weighted by atomic mass is 10.1. The van der Waals surface area contributed by atoms with Gasteiger partial charge in [0.15, 0.2) is 0 Å². The lowest BCUT2D eigenvalue weighted by Crippen LogP contribution is -2.48. The zero-order valence-electron chi connectivity index (χ0n) is 12.2. The molecule has 0 aromatic carbocycles. The second-order valence-corrected chi connectivity index (χ2v) is 5.42. The third kappa shape index (κ3) is 5.50. The van der Waals surface area contributed by atoms with Gasteiger partial charge in [0.05, 0.1) is 6.54 Å². The number of rotatable bonds is 5. The highest BCUT2D eigenvalue weighted by molar-refractivity contribution is 5.78. The number of hydrogen-bond acceptors (Lipinski definition) is 2. The van der Waals surface area contributed by atoms with Crippen molar-refractivity contribution in [1.82, 2.24) is 9.80 Å². The Kier molecular flexibility index (Phi) is 6.13. The highest BCUT2D eigenvalue weighted by Gasteiger charge is 2.19. The van der Waals surface area contributed by atoms with E-state index in [0.717, 1.165) is 32.5 Å². The minimum absolute atomic E-state index is 0.233. The molecule has 1 amide bonds. The number of amides is 1. The smallest absolute Gasteiger partial charge is 0.236 e. The maximum Gasteiger partial charge on any atom is 0.236 e. The summed E-state index contributed by atoms with van der Waals surface area (Å²) >= 11 is 0. The minimum atomic E-state index is 0.233. The molecule has 1 rings (SSSR count). The Morgan fingerprint density at radius 3 is 2.56 bits per heavy atom. The van der Waals surface area contributed by atoms with E-state index in [-0.39, 0.29) is 5.91 Å². The SMILES string of the molecule is CC(C)=CCC/C(C)=C/CN1CCN(C)C(=O)C1. The summed E-state index contributed by atoms with van der Waals surface area (Å²) in [5, 5.41) is 0. The van der Waals surface area contributed by atoms with Gasteiger partial charge in [-0.1, -0.05) is 23.3 Å². The zero-order chi connectivity index (χ0) is 13.5. The Balaban J connectivity index is 2.30. The van der Waals surface area contributed by atoms with Gasteiger partial charge in [-0.2, -0.15) is 0 Å². The van der Waals surface area contributed by atoms with Gasteiger partial charge < -0.3 is 4.90 Å². The standard InChI is InChI=1S/C15H26N2O/c1-13(2)6-5-7-14(3)8-9-17-11-10-16(4)15(18)12-17/h6,8H,5,7,9-12H2,1-4H3/b14-8+. The fourth-order valence-corrected chi connectivity index (χ4v) is 1.94. The van der Waals surface area contributed by atoms with Crippen molar-refractivity contribution in [2.75, 3.05) is 33.2 Å². The molecular weight excluding hydrogens is 224 g/mol. The first kappa shape index (κ1) is 15.0. The van der Waals surface area contributed by atoms with Gasteiger partial charge in [0.2, 0.25) is 5.91 Å². The van der Waals surface area contributed by atoms with Crippen LogP contribution in [0.3, 0.4) is 0 Å².